The van der Waals surface area contributed by atoms with Gasteiger partial charge in [0.1, 0.15) is 6.61 Å². The van der Waals surface area contributed by atoms with E-state index in [4.69, 9.17) is 10.2 Å². The zero-order valence-corrected chi connectivity index (χ0v) is 9.63. The summed E-state index contributed by atoms with van der Waals surface area (Å²) in [6, 6.07) is 9.15. The molecule has 17 heavy (non-hydrogen) atoms. The van der Waals surface area contributed by atoms with E-state index in [9.17, 15) is 9.59 Å². The summed E-state index contributed by atoms with van der Waals surface area (Å²) in [5.74, 6) is -0.711. The molecule has 0 saturated carbocycles. The molecule has 5 heteroatoms. The van der Waals surface area contributed by atoms with Crippen molar-refractivity contribution in [3.8, 4) is 0 Å². The van der Waals surface area contributed by atoms with Crippen molar-refractivity contribution in [2.75, 3.05) is 0 Å². The van der Waals surface area contributed by atoms with Gasteiger partial charge in [0.15, 0.2) is 0 Å². The first-order chi connectivity index (χ1) is 8.06. The molecule has 0 aliphatic heterocycles. The molecule has 0 aromatic heterocycles. The summed E-state index contributed by atoms with van der Waals surface area (Å²) in [7, 11) is 0. The van der Waals surface area contributed by atoms with Gasteiger partial charge in [-0.05, 0) is 12.0 Å². The zero-order valence-electron chi connectivity index (χ0n) is 9.63. The maximum absolute atomic E-state index is 9.95. The van der Waals surface area contributed by atoms with Gasteiger partial charge in [-0.3, -0.25) is 4.79 Å². The molecule has 0 unspecified atom stereocenters. The highest BCUT2D eigenvalue weighted by molar-refractivity contribution is 5.66. The molecular formula is C12H16O5. The van der Waals surface area contributed by atoms with Gasteiger partial charge in [-0.15, -0.1) is 0 Å². The van der Waals surface area contributed by atoms with Crippen LogP contribution in [0.15, 0.2) is 30.3 Å². The summed E-state index contributed by atoms with van der Waals surface area (Å²) in [4.78, 5) is 19.5. The Morgan fingerprint density at radius 3 is 2.12 bits per heavy atom. The Bertz CT molecular complexity index is 334. The third-order valence-corrected chi connectivity index (χ3v) is 1.67. The van der Waals surface area contributed by atoms with Gasteiger partial charge in [0.2, 0.25) is 0 Å². The molecule has 0 heterocycles. The molecule has 1 rings (SSSR count). The molecular weight excluding hydrogens is 224 g/mol. The van der Waals surface area contributed by atoms with Crippen LogP contribution in [-0.2, 0) is 16.1 Å². The minimum atomic E-state index is -1.24. The van der Waals surface area contributed by atoms with Crippen LogP contribution in [0.5, 0.6) is 0 Å². The van der Waals surface area contributed by atoms with E-state index >= 15 is 0 Å². The molecule has 0 fully saturated rings. The number of hydrogen-bond acceptors (Lipinski definition) is 3. The molecule has 0 bridgehead atoms. The summed E-state index contributed by atoms with van der Waals surface area (Å²) in [5, 5.41) is 16.1. The predicted octanol–water partition coefficient (Wildman–Crippen LogP) is 2.75. The molecule has 1 aromatic carbocycles. The van der Waals surface area contributed by atoms with Crippen LogP contribution < -0.4 is 0 Å². The number of ether oxygens (including phenoxy) is 1. The summed E-state index contributed by atoms with van der Waals surface area (Å²) < 4.78 is 4.34. The average Bonchev–Trinajstić information content (AvgIpc) is 2.28. The van der Waals surface area contributed by atoms with Crippen LogP contribution in [0.2, 0.25) is 0 Å². The van der Waals surface area contributed by atoms with Crippen molar-refractivity contribution in [3.05, 3.63) is 35.9 Å². The van der Waals surface area contributed by atoms with E-state index in [1.807, 2.05) is 37.3 Å². The number of carbonyl (C=O) groups is 2. The van der Waals surface area contributed by atoms with Crippen LogP contribution in [0, 0.1) is 0 Å². The highest BCUT2D eigenvalue weighted by atomic mass is 16.7. The number of hydrogen-bond donors (Lipinski definition) is 2. The zero-order chi connectivity index (χ0) is 13.1. The molecule has 2 N–H and O–H groups in total. The number of benzene rings is 1. The third-order valence-electron chi connectivity index (χ3n) is 1.67. The lowest BCUT2D eigenvalue weighted by atomic mass is 10.2. The van der Waals surface area contributed by atoms with Gasteiger partial charge in [-0.2, -0.15) is 0 Å². The molecule has 0 saturated heterocycles. The molecule has 0 aliphatic carbocycles. The third kappa shape index (κ3) is 10.2. The monoisotopic (exact) mass is 240 g/mol. The van der Waals surface area contributed by atoms with Gasteiger partial charge in [-0.1, -0.05) is 37.3 Å². The lowest BCUT2D eigenvalue weighted by Crippen LogP contribution is -1.99. The molecule has 94 valence electrons. The fourth-order valence-electron chi connectivity index (χ4n) is 0.933. The van der Waals surface area contributed by atoms with Crippen LogP contribution in [-0.4, -0.2) is 22.3 Å². The fraction of sp³-hybridized carbons (Fsp3) is 0.333. The SMILES string of the molecule is CCCC(=O)O.O=C(O)OCc1ccccc1. The number of aliphatic carboxylic acids is 1. The van der Waals surface area contributed by atoms with E-state index in [0.717, 1.165) is 12.0 Å². The second-order valence-electron chi connectivity index (χ2n) is 3.18. The molecule has 0 aliphatic rings. The van der Waals surface area contributed by atoms with Crippen LogP contribution in [0.3, 0.4) is 0 Å². The normalized spacial score (nSPS) is 8.76. The van der Waals surface area contributed by atoms with Crippen molar-refractivity contribution in [1.29, 1.82) is 0 Å². The summed E-state index contributed by atoms with van der Waals surface area (Å²) >= 11 is 0. The fourth-order valence-corrected chi connectivity index (χ4v) is 0.933. The Kier molecular flexibility index (Phi) is 8.10. The van der Waals surface area contributed by atoms with Gasteiger partial charge < -0.3 is 14.9 Å². The molecule has 5 nitrogen and oxygen atoms in total. The molecule has 0 spiro atoms. The van der Waals surface area contributed by atoms with E-state index in [1.54, 1.807) is 0 Å². The number of carboxylic acid groups (broad SMARTS) is 2. The van der Waals surface area contributed by atoms with E-state index in [1.165, 1.54) is 0 Å². The van der Waals surface area contributed by atoms with E-state index in [-0.39, 0.29) is 6.61 Å². The lowest BCUT2D eigenvalue weighted by molar-refractivity contribution is -0.137. The van der Waals surface area contributed by atoms with Crippen molar-refractivity contribution < 1.29 is 24.5 Å². The van der Waals surface area contributed by atoms with Gasteiger partial charge >= 0.3 is 12.1 Å². The van der Waals surface area contributed by atoms with Crippen LogP contribution in [0.25, 0.3) is 0 Å². The Balaban J connectivity index is 0.000000366. The number of rotatable bonds is 4. The summed E-state index contributed by atoms with van der Waals surface area (Å²) in [6.07, 6.45) is -0.219. The van der Waals surface area contributed by atoms with E-state index in [2.05, 4.69) is 4.74 Å². The van der Waals surface area contributed by atoms with Gasteiger partial charge in [-0.25, -0.2) is 4.79 Å². The molecule has 0 atom stereocenters. The quantitative estimate of drug-likeness (QED) is 0.790. The molecule has 0 amide bonds. The Labute approximate surface area is 99.7 Å². The summed E-state index contributed by atoms with van der Waals surface area (Å²) in [6.45, 7) is 1.96. The highest BCUT2D eigenvalue weighted by Crippen LogP contribution is 1.99. The standard InChI is InChI=1S/C8H8O3.C4H8O2/c9-8(10)11-6-7-4-2-1-3-5-7;1-2-3-4(5)6/h1-5H,6H2,(H,9,10);2-3H2,1H3,(H,5,6). The van der Waals surface area contributed by atoms with Crippen molar-refractivity contribution in [2.45, 2.75) is 26.4 Å². The number of carboxylic acids is 1. The van der Waals surface area contributed by atoms with Crippen LogP contribution in [0.4, 0.5) is 4.79 Å². The maximum Gasteiger partial charge on any atom is 0.506 e. The van der Waals surface area contributed by atoms with Gasteiger partial charge in [0.05, 0.1) is 0 Å². The Morgan fingerprint density at radius 1 is 1.18 bits per heavy atom. The largest absolute Gasteiger partial charge is 0.506 e. The minimum absolute atomic E-state index is 0.121. The average molecular weight is 240 g/mol. The maximum atomic E-state index is 9.95. The van der Waals surface area contributed by atoms with E-state index in [0.29, 0.717) is 6.42 Å². The topological polar surface area (TPSA) is 83.8 Å². The van der Waals surface area contributed by atoms with E-state index < -0.39 is 12.1 Å². The van der Waals surface area contributed by atoms with Crippen molar-refractivity contribution in [1.82, 2.24) is 0 Å². The second kappa shape index (κ2) is 9.21. The Morgan fingerprint density at radius 2 is 1.76 bits per heavy atom. The minimum Gasteiger partial charge on any atom is -0.481 e. The van der Waals surface area contributed by atoms with Crippen molar-refractivity contribution in [2.24, 2.45) is 0 Å². The summed E-state index contributed by atoms with van der Waals surface area (Å²) in [5.41, 5.74) is 0.856. The van der Waals surface area contributed by atoms with Crippen molar-refractivity contribution in [3.63, 3.8) is 0 Å². The first-order valence-corrected chi connectivity index (χ1v) is 5.17. The second-order valence-corrected chi connectivity index (χ2v) is 3.18. The highest BCUT2D eigenvalue weighted by Gasteiger charge is 1.95. The smallest absolute Gasteiger partial charge is 0.481 e. The van der Waals surface area contributed by atoms with Crippen molar-refractivity contribution >= 4 is 12.1 Å². The van der Waals surface area contributed by atoms with Gasteiger partial charge in [0, 0.05) is 6.42 Å². The first-order valence-electron chi connectivity index (χ1n) is 5.17. The predicted molar refractivity (Wildman–Crippen MR) is 61.8 cm³/mol. The lowest BCUT2D eigenvalue weighted by Gasteiger charge is -1.98. The van der Waals surface area contributed by atoms with Gasteiger partial charge in [0.25, 0.3) is 0 Å². The molecule has 1 aromatic rings. The molecule has 0 radical (unpaired) electrons. The first kappa shape index (κ1) is 15.0. The van der Waals surface area contributed by atoms with Crippen LogP contribution in [0.1, 0.15) is 25.3 Å². The van der Waals surface area contributed by atoms with Crippen LogP contribution >= 0.6 is 0 Å². The Hall–Kier alpha value is -2.04.